The fourth-order valence-corrected chi connectivity index (χ4v) is 3.78. The van der Waals surface area contributed by atoms with Gasteiger partial charge in [0.05, 0.1) is 18.1 Å². The fraction of sp³-hybridized carbons (Fsp3) is 0.550. The lowest BCUT2D eigenvalue weighted by atomic mass is 10.2. The Morgan fingerprint density at radius 2 is 2.25 bits per heavy atom. The minimum absolute atomic E-state index is 0.0740. The Bertz CT molecular complexity index is 954. The van der Waals surface area contributed by atoms with Gasteiger partial charge in [-0.3, -0.25) is 4.99 Å². The molecule has 1 aliphatic heterocycles. The molecule has 2 aromatic heterocycles. The quantitative estimate of drug-likeness (QED) is 0.661. The number of aromatic amines is 1. The number of hydrogen-bond acceptors (Lipinski definition) is 5. The molecule has 28 heavy (non-hydrogen) atoms. The summed E-state index contributed by atoms with van der Waals surface area (Å²) in [6, 6.07) is 0.0740. The van der Waals surface area contributed by atoms with E-state index >= 15 is 0 Å². The number of aromatic nitrogens is 3. The predicted molar refractivity (Wildman–Crippen MR) is 109 cm³/mol. The van der Waals surface area contributed by atoms with Crippen LogP contribution in [0.25, 0.3) is 17.5 Å². The molecule has 0 spiro atoms. The minimum Gasteiger partial charge on any atom is -0.364 e. The normalized spacial score (nSPS) is 19.7. The molecule has 1 fully saturated rings. The molecule has 2 aromatic rings. The maximum atomic E-state index is 14.4. The number of rotatable bonds is 8. The highest BCUT2D eigenvalue weighted by atomic mass is 35.5. The molecule has 2 N–H and O–H groups in total. The number of likely N-dealkylation sites (N-methyl/N-ethyl adjacent to an activating group) is 1. The zero-order valence-electron chi connectivity index (χ0n) is 16.3. The van der Waals surface area contributed by atoms with E-state index in [-0.39, 0.29) is 17.2 Å². The molecule has 0 radical (unpaired) electrons. The van der Waals surface area contributed by atoms with Crippen LogP contribution in [0.3, 0.4) is 0 Å². The number of nitrogens with zero attached hydrogens (tertiary/aromatic N) is 4. The molecule has 1 unspecified atom stereocenters. The Kier molecular flexibility index (Phi) is 5.64. The molecule has 0 saturated heterocycles. The molecule has 6 nitrogen and oxygen atoms in total. The SMILES string of the molecule is CCN(CC1CC1)C[C@H](C)Nc1nc(-c2c[nH]c3c2=CC(Cl)CN=3)ncc1F. The van der Waals surface area contributed by atoms with Crippen molar-refractivity contribution in [3.63, 3.8) is 0 Å². The van der Waals surface area contributed by atoms with E-state index < -0.39 is 5.82 Å². The van der Waals surface area contributed by atoms with Crippen molar-refractivity contribution in [2.75, 3.05) is 31.5 Å². The van der Waals surface area contributed by atoms with Crippen LogP contribution in [0.4, 0.5) is 10.2 Å². The van der Waals surface area contributed by atoms with Crippen LogP contribution >= 0.6 is 11.6 Å². The van der Waals surface area contributed by atoms with Crippen molar-refractivity contribution in [3.05, 3.63) is 28.9 Å². The summed E-state index contributed by atoms with van der Waals surface area (Å²) in [5.41, 5.74) is 1.55. The average molecular weight is 405 g/mol. The standard InChI is InChI=1S/C20H26ClFN6/c1-3-28(11-13-4-5-13)10-12(2)26-20-17(22)9-25-19(27-20)16-8-24-18-15(16)6-14(21)7-23-18/h6,8-9,12-14H,3-5,7,10-11H2,1-2H3,(H,23,24)(H,25,26,27)/t12-,14?/m0/s1. The van der Waals surface area contributed by atoms with Crippen molar-refractivity contribution >= 4 is 23.5 Å². The van der Waals surface area contributed by atoms with E-state index in [4.69, 9.17) is 11.6 Å². The summed E-state index contributed by atoms with van der Waals surface area (Å²) in [4.78, 5) is 18.6. The molecule has 0 aromatic carbocycles. The molecule has 0 amide bonds. The lowest BCUT2D eigenvalue weighted by Gasteiger charge is -2.25. The maximum Gasteiger partial charge on any atom is 0.183 e. The Labute approximate surface area is 168 Å². The third kappa shape index (κ3) is 4.36. The van der Waals surface area contributed by atoms with Gasteiger partial charge in [-0.2, -0.15) is 0 Å². The van der Waals surface area contributed by atoms with Crippen molar-refractivity contribution < 1.29 is 4.39 Å². The van der Waals surface area contributed by atoms with Crippen LogP contribution in [-0.4, -0.2) is 57.4 Å². The number of hydrogen-bond donors (Lipinski definition) is 2. The summed E-state index contributed by atoms with van der Waals surface area (Å²) in [6.07, 6.45) is 7.62. The molecular weight excluding hydrogens is 379 g/mol. The van der Waals surface area contributed by atoms with E-state index in [2.05, 4.69) is 44.0 Å². The fourth-order valence-electron chi connectivity index (χ4n) is 3.58. The first-order chi connectivity index (χ1) is 13.5. The summed E-state index contributed by atoms with van der Waals surface area (Å²) >= 11 is 6.21. The number of anilines is 1. The molecule has 8 heteroatoms. The van der Waals surface area contributed by atoms with Gasteiger partial charge in [-0.1, -0.05) is 13.0 Å². The van der Waals surface area contributed by atoms with E-state index in [1.807, 2.05) is 6.08 Å². The zero-order valence-corrected chi connectivity index (χ0v) is 17.0. The van der Waals surface area contributed by atoms with Gasteiger partial charge in [0.25, 0.3) is 0 Å². The van der Waals surface area contributed by atoms with Crippen molar-refractivity contribution in [2.24, 2.45) is 10.9 Å². The predicted octanol–water partition coefficient (Wildman–Crippen LogP) is 2.16. The summed E-state index contributed by atoms with van der Waals surface area (Å²) in [5, 5.41) is 3.94. The molecular formula is C20H26ClFN6. The van der Waals surface area contributed by atoms with Gasteiger partial charge < -0.3 is 15.2 Å². The second-order valence-corrected chi connectivity index (χ2v) is 8.28. The molecule has 2 aliphatic rings. The third-order valence-electron chi connectivity index (χ3n) is 5.23. The topological polar surface area (TPSA) is 69.2 Å². The van der Waals surface area contributed by atoms with Crippen molar-refractivity contribution in [1.82, 2.24) is 19.9 Å². The van der Waals surface area contributed by atoms with Gasteiger partial charge in [0.2, 0.25) is 0 Å². The number of fused-ring (bicyclic) bond motifs is 1. The Hall–Kier alpha value is -1.99. The van der Waals surface area contributed by atoms with Crippen molar-refractivity contribution in [1.29, 1.82) is 0 Å². The average Bonchev–Trinajstić information content (AvgIpc) is 3.40. The van der Waals surface area contributed by atoms with Gasteiger partial charge in [-0.25, -0.2) is 14.4 Å². The highest BCUT2D eigenvalue weighted by molar-refractivity contribution is 6.24. The molecule has 3 heterocycles. The lowest BCUT2D eigenvalue weighted by Crippen LogP contribution is -2.36. The van der Waals surface area contributed by atoms with Gasteiger partial charge in [0.15, 0.2) is 17.5 Å². The van der Waals surface area contributed by atoms with Crippen LogP contribution in [-0.2, 0) is 0 Å². The molecule has 1 aliphatic carbocycles. The lowest BCUT2D eigenvalue weighted by molar-refractivity contribution is 0.268. The van der Waals surface area contributed by atoms with E-state index in [1.165, 1.54) is 19.0 Å². The largest absolute Gasteiger partial charge is 0.364 e. The van der Waals surface area contributed by atoms with E-state index in [1.54, 1.807) is 6.20 Å². The smallest absolute Gasteiger partial charge is 0.183 e. The summed E-state index contributed by atoms with van der Waals surface area (Å²) in [7, 11) is 0. The Morgan fingerprint density at radius 3 is 3.00 bits per heavy atom. The molecule has 150 valence electrons. The first kappa shape index (κ1) is 19.3. The zero-order chi connectivity index (χ0) is 19.7. The minimum atomic E-state index is -0.450. The molecule has 0 bridgehead atoms. The Balaban J connectivity index is 1.53. The van der Waals surface area contributed by atoms with Gasteiger partial charge in [-0.05, 0) is 32.2 Å². The summed E-state index contributed by atoms with van der Waals surface area (Å²) in [5.74, 6) is 1.07. The summed E-state index contributed by atoms with van der Waals surface area (Å²) in [6.45, 7) is 7.73. The molecule has 1 saturated carbocycles. The second kappa shape index (κ2) is 8.17. The van der Waals surface area contributed by atoms with E-state index in [0.29, 0.717) is 12.4 Å². The monoisotopic (exact) mass is 404 g/mol. The van der Waals surface area contributed by atoms with E-state index in [0.717, 1.165) is 41.8 Å². The highest BCUT2D eigenvalue weighted by Crippen LogP contribution is 2.29. The first-order valence-corrected chi connectivity index (χ1v) is 10.4. The first-order valence-electron chi connectivity index (χ1n) is 9.93. The van der Waals surface area contributed by atoms with Gasteiger partial charge in [-0.15, -0.1) is 11.6 Å². The van der Waals surface area contributed by atoms with Crippen LogP contribution in [0.1, 0.15) is 26.7 Å². The second-order valence-electron chi connectivity index (χ2n) is 7.72. The maximum absolute atomic E-state index is 14.4. The highest BCUT2D eigenvalue weighted by Gasteiger charge is 2.24. The van der Waals surface area contributed by atoms with Gasteiger partial charge >= 0.3 is 0 Å². The van der Waals surface area contributed by atoms with Crippen LogP contribution in [0.15, 0.2) is 17.4 Å². The molecule has 4 rings (SSSR count). The van der Waals surface area contributed by atoms with Crippen LogP contribution in [0.5, 0.6) is 0 Å². The number of nitrogens with one attached hydrogen (secondary N) is 2. The van der Waals surface area contributed by atoms with Gasteiger partial charge in [0.1, 0.15) is 5.49 Å². The van der Waals surface area contributed by atoms with Gasteiger partial charge in [0, 0.05) is 36.1 Å². The van der Waals surface area contributed by atoms with Crippen molar-refractivity contribution in [2.45, 2.75) is 38.1 Å². The summed E-state index contributed by atoms with van der Waals surface area (Å²) < 4.78 is 14.4. The number of alkyl halides is 1. The van der Waals surface area contributed by atoms with E-state index in [9.17, 15) is 4.39 Å². The van der Waals surface area contributed by atoms with Crippen molar-refractivity contribution in [3.8, 4) is 11.4 Å². The Morgan fingerprint density at radius 1 is 1.43 bits per heavy atom. The number of H-pyrrole nitrogens is 1. The number of halogens is 2. The van der Waals surface area contributed by atoms with Crippen LogP contribution in [0, 0.1) is 11.7 Å². The van der Waals surface area contributed by atoms with Crippen LogP contribution < -0.4 is 16.0 Å². The van der Waals surface area contributed by atoms with Crippen LogP contribution in [0.2, 0.25) is 0 Å². The third-order valence-corrected chi connectivity index (χ3v) is 5.49. The molecule has 2 atom stereocenters.